The van der Waals surface area contributed by atoms with Gasteiger partial charge in [0.25, 0.3) is 5.22 Å². The number of carbonyl (C=O) groups excluding carboxylic acids is 1. The van der Waals surface area contributed by atoms with E-state index in [4.69, 9.17) is 13.9 Å². The predicted octanol–water partition coefficient (Wildman–Crippen LogP) is 5.51. The number of amides is 1. The summed E-state index contributed by atoms with van der Waals surface area (Å²) < 4.78 is 17.2. The van der Waals surface area contributed by atoms with Gasteiger partial charge < -0.3 is 18.8 Å². The van der Waals surface area contributed by atoms with Gasteiger partial charge in [-0.1, -0.05) is 23.9 Å². The second-order valence-electron chi connectivity index (χ2n) is 7.85. The van der Waals surface area contributed by atoms with Crippen molar-refractivity contribution in [1.29, 1.82) is 0 Å². The van der Waals surface area contributed by atoms with Crippen molar-refractivity contribution in [3.05, 3.63) is 69.9 Å². The molecular weight excluding hydrogens is 470 g/mol. The number of anilines is 1. The SMILES string of the molecule is Cc1ccc(-c2nnc(SCC(=O)N(Cc3cccs3)c3ccc4c(c3)OCCO4)o2)cc1C. The minimum Gasteiger partial charge on any atom is -0.486 e. The average Bonchev–Trinajstić information content (AvgIpc) is 3.55. The Balaban J connectivity index is 1.32. The van der Waals surface area contributed by atoms with Gasteiger partial charge in [-0.3, -0.25) is 4.79 Å². The second kappa shape index (κ2) is 9.90. The number of rotatable bonds is 7. The number of benzene rings is 2. The van der Waals surface area contributed by atoms with Gasteiger partial charge in [-0.15, -0.1) is 21.5 Å². The summed E-state index contributed by atoms with van der Waals surface area (Å²) in [6.45, 7) is 5.59. The van der Waals surface area contributed by atoms with E-state index < -0.39 is 0 Å². The molecule has 1 amide bonds. The fraction of sp³-hybridized carbons (Fsp3) is 0.240. The fourth-order valence-corrected chi connectivity index (χ4v) is 4.87. The van der Waals surface area contributed by atoms with Gasteiger partial charge in [0.2, 0.25) is 11.8 Å². The lowest BCUT2D eigenvalue weighted by molar-refractivity contribution is -0.116. The van der Waals surface area contributed by atoms with Gasteiger partial charge in [-0.05, 0) is 60.7 Å². The zero-order valence-corrected chi connectivity index (χ0v) is 20.4. The molecule has 1 aliphatic rings. The first-order chi connectivity index (χ1) is 16.6. The summed E-state index contributed by atoms with van der Waals surface area (Å²) in [5, 5.41) is 10.6. The first kappa shape index (κ1) is 22.5. The molecule has 0 spiro atoms. The molecule has 0 unspecified atom stereocenters. The number of carbonyl (C=O) groups is 1. The Morgan fingerprint density at radius 2 is 1.88 bits per heavy atom. The van der Waals surface area contributed by atoms with Crippen molar-refractivity contribution in [3.8, 4) is 23.0 Å². The molecule has 1 aliphatic heterocycles. The molecule has 2 aromatic heterocycles. The third kappa shape index (κ3) is 4.95. The Morgan fingerprint density at radius 1 is 1.03 bits per heavy atom. The smallest absolute Gasteiger partial charge is 0.277 e. The summed E-state index contributed by atoms with van der Waals surface area (Å²) in [6.07, 6.45) is 0. The van der Waals surface area contributed by atoms with Crippen molar-refractivity contribution in [2.24, 2.45) is 0 Å². The quantitative estimate of drug-likeness (QED) is 0.314. The van der Waals surface area contributed by atoms with E-state index >= 15 is 0 Å². The lowest BCUT2D eigenvalue weighted by Gasteiger charge is -2.25. The molecule has 34 heavy (non-hydrogen) atoms. The van der Waals surface area contributed by atoms with Crippen LogP contribution in [0.15, 0.2) is 63.6 Å². The number of nitrogens with zero attached hydrogens (tertiary/aromatic N) is 3. The number of aromatic nitrogens is 2. The second-order valence-corrected chi connectivity index (χ2v) is 9.81. The van der Waals surface area contributed by atoms with Crippen LogP contribution >= 0.6 is 23.1 Å². The lowest BCUT2D eigenvalue weighted by atomic mass is 10.1. The van der Waals surface area contributed by atoms with E-state index in [9.17, 15) is 4.79 Å². The van der Waals surface area contributed by atoms with Gasteiger partial charge in [0.1, 0.15) is 13.2 Å². The van der Waals surface area contributed by atoms with Crippen LogP contribution in [0.1, 0.15) is 16.0 Å². The van der Waals surface area contributed by atoms with Gasteiger partial charge in [0.05, 0.1) is 12.3 Å². The number of aryl methyl sites for hydroxylation is 2. The maximum Gasteiger partial charge on any atom is 0.277 e. The first-order valence-corrected chi connectivity index (χ1v) is 12.7. The Bertz CT molecular complexity index is 1300. The number of fused-ring (bicyclic) bond motifs is 1. The molecule has 0 radical (unpaired) electrons. The van der Waals surface area contributed by atoms with Crippen molar-refractivity contribution >= 4 is 34.7 Å². The number of ether oxygens (including phenoxy) is 2. The Morgan fingerprint density at radius 3 is 2.68 bits per heavy atom. The molecule has 7 nitrogen and oxygen atoms in total. The van der Waals surface area contributed by atoms with Gasteiger partial charge in [-0.25, -0.2) is 0 Å². The third-order valence-corrected chi connectivity index (χ3v) is 7.18. The highest BCUT2D eigenvalue weighted by Gasteiger charge is 2.22. The van der Waals surface area contributed by atoms with E-state index in [1.807, 2.05) is 60.8 Å². The largest absolute Gasteiger partial charge is 0.486 e. The summed E-state index contributed by atoms with van der Waals surface area (Å²) >= 11 is 2.84. The van der Waals surface area contributed by atoms with Gasteiger partial charge in [0, 0.05) is 22.2 Å². The first-order valence-electron chi connectivity index (χ1n) is 10.8. The van der Waals surface area contributed by atoms with Gasteiger partial charge in [-0.2, -0.15) is 0 Å². The monoisotopic (exact) mass is 493 g/mol. The maximum absolute atomic E-state index is 13.3. The maximum atomic E-state index is 13.3. The highest BCUT2D eigenvalue weighted by molar-refractivity contribution is 7.99. The third-order valence-electron chi connectivity index (χ3n) is 5.51. The van der Waals surface area contributed by atoms with Crippen LogP contribution in [0.5, 0.6) is 11.5 Å². The molecule has 0 N–H and O–H groups in total. The van der Waals surface area contributed by atoms with Crippen LogP contribution in [0.3, 0.4) is 0 Å². The van der Waals surface area contributed by atoms with E-state index in [0.29, 0.717) is 42.4 Å². The van der Waals surface area contributed by atoms with Crippen molar-refractivity contribution < 1.29 is 18.7 Å². The van der Waals surface area contributed by atoms with E-state index in [-0.39, 0.29) is 11.7 Å². The molecule has 0 saturated heterocycles. The Hall–Kier alpha value is -3.30. The summed E-state index contributed by atoms with van der Waals surface area (Å²) in [5.74, 6) is 1.88. The topological polar surface area (TPSA) is 77.7 Å². The Labute approximate surface area is 205 Å². The van der Waals surface area contributed by atoms with Crippen LogP contribution in [0.25, 0.3) is 11.5 Å². The minimum absolute atomic E-state index is 0.0685. The van der Waals surface area contributed by atoms with E-state index in [0.717, 1.165) is 21.7 Å². The van der Waals surface area contributed by atoms with E-state index in [1.165, 1.54) is 17.3 Å². The van der Waals surface area contributed by atoms with Gasteiger partial charge >= 0.3 is 0 Å². The molecule has 9 heteroatoms. The van der Waals surface area contributed by atoms with Crippen LogP contribution in [0.2, 0.25) is 0 Å². The molecule has 0 bridgehead atoms. The molecule has 0 saturated carbocycles. The molecule has 0 atom stereocenters. The Kier molecular flexibility index (Phi) is 6.55. The summed E-state index contributed by atoms with van der Waals surface area (Å²) in [7, 11) is 0. The minimum atomic E-state index is -0.0685. The van der Waals surface area contributed by atoms with E-state index in [1.54, 1.807) is 16.2 Å². The highest BCUT2D eigenvalue weighted by Crippen LogP contribution is 2.35. The van der Waals surface area contributed by atoms with Crippen molar-refractivity contribution in [1.82, 2.24) is 10.2 Å². The summed E-state index contributed by atoms with van der Waals surface area (Å²) in [5.41, 5.74) is 3.98. The molecule has 0 fully saturated rings. The van der Waals surface area contributed by atoms with Crippen molar-refractivity contribution in [2.75, 3.05) is 23.9 Å². The molecule has 4 aromatic rings. The number of hydrogen-bond donors (Lipinski definition) is 0. The molecule has 174 valence electrons. The number of hydrogen-bond acceptors (Lipinski definition) is 8. The zero-order valence-electron chi connectivity index (χ0n) is 18.8. The number of thioether (sulfide) groups is 1. The van der Waals surface area contributed by atoms with Crippen LogP contribution in [0, 0.1) is 13.8 Å². The number of thiophene rings is 1. The van der Waals surface area contributed by atoms with Crippen molar-refractivity contribution in [2.45, 2.75) is 25.6 Å². The molecule has 3 heterocycles. The normalized spacial score (nSPS) is 12.5. The molecule has 5 rings (SSSR count). The zero-order chi connectivity index (χ0) is 23.5. The van der Waals surface area contributed by atoms with Crippen LogP contribution in [-0.2, 0) is 11.3 Å². The highest BCUT2D eigenvalue weighted by atomic mass is 32.2. The molecule has 2 aromatic carbocycles. The van der Waals surface area contributed by atoms with E-state index in [2.05, 4.69) is 17.1 Å². The lowest BCUT2D eigenvalue weighted by Crippen LogP contribution is -2.31. The fourth-order valence-electron chi connectivity index (χ4n) is 3.54. The standard InChI is InChI=1S/C25H23N3O4S2/c1-16-5-6-18(12-17(16)2)24-26-27-25(32-24)34-15-23(29)28(14-20-4-3-11-33-20)19-7-8-21-22(13-19)31-10-9-30-21/h3-8,11-13H,9-10,14-15H2,1-2H3. The molecule has 0 aliphatic carbocycles. The predicted molar refractivity (Wildman–Crippen MR) is 133 cm³/mol. The van der Waals surface area contributed by atoms with Crippen LogP contribution in [0.4, 0.5) is 5.69 Å². The van der Waals surface area contributed by atoms with Crippen LogP contribution < -0.4 is 14.4 Å². The summed E-state index contributed by atoms with van der Waals surface area (Å²) in [6, 6.07) is 15.6. The summed E-state index contributed by atoms with van der Waals surface area (Å²) in [4.78, 5) is 16.2. The molecular formula is C25H23N3O4S2. The average molecular weight is 494 g/mol. The van der Waals surface area contributed by atoms with Crippen molar-refractivity contribution in [3.63, 3.8) is 0 Å². The van der Waals surface area contributed by atoms with Crippen LogP contribution in [-0.4, -0.2) is 35.1 Å². The van der Waals surface area contributed by atoms with Gasteiger partial charge in [0.15, 0.2) is 11.5 Å².